The van der Waals surface area contributed by atoms with E-state index in [0.717, 1.165) is 30.2 Å². The molecule has 0 bridgehead atoms. The van der Waals surface area contributed by atoms with Gasteiger partial charge in [0.15, 0.2) is 11.6 Å². The van der Waals surface area contributed by atoms with Gasteiger partial charge in [0.05, 0.1) is 13.7 Å². The molecule has 1 spiro atoms. The molecule has 2 aliphatic heterocycles. The number of hydroxylamine groups is 1. The molecular weight excluding hydrogens is 358 g/mol. The van der Waals surface area contributed by atoms with Crippen LogP contribution in [0.2, 0.25) is 0 Å². The highest BCUT2D eigenvalue weighted by Gasteiger charge is 2.40. The summed E-state index contributed by atoms with van der Waals surface area (Å²) in [6.07, 6.45) is 3.16. The van der Waals surface area contributed by atoms with Crippen molar-refractivity contribution < 1.29 is 14.4 Å². The Morgan fingerprint density at radius 2 is 2.04 bits per heavy atom. The molecule has 0 atom stereocenters. The standard InChI is InChI=1S/C20H23N5O3/c1-27-16-7-5-15(6-8-16)22-18(26)14-25-12-9-20(10-13-25)23-19(24-28-20)17-4-2-3-11-21-17/h2-8,11H,9-10,12-14H2,1H3,(H,22,26)(H,23,24). The second kappa shape index (κ2) is 7.95. The lowest BCUT2D eigenvalue weighted by Crippen LogP contribution is -2.46. The van der Waals surface area contributed by atoms with Gasteiger partial charge in [-0.25, -0.2) is 15.3 Å². The van der Waals surface area contributed by atoms with Crippen LogP contribution in [0.3, 0.4) is 0 Å². The molecule has 3 heterocycles. The Bertz CT molecular complexity index is 846. The fourth-order valence-corrected chi connectivity index (χ4v) is 3.36. The number of anilines is 1. The quantitative estimate of drug-likeness (QED) is 0.821. The van der Waals surface area contributed by atoms with Crippen molar-refractivity contribution in [1.29, 1.82) is 0 Å². The summed E-state index contributed by atoms with van der Waals surface area (Å²) in [5.74, 6) is 1.38. The van der Waals surface area contributed by atoms with Gasteiger partial charge in [-0.05, 0) is 36.4 Å². The lowest BCUT2D eigenvalue weighted by atomic mass is 10.0. The summed E-state index contributed by atoms with van der Waals surface area (Å²) in [6, 6.07) is 13.0. The Balaban J connectivity index is 1.29. The first-order valence-corrected chi connectivity index (χ1v) is 9.27. The topological polar surface area (TPSA) is 88.1 Å². The average molecular weight is 381 g/mol. The molecule has 1 amide bonds. The number of ether oxygens (including phenoxy) is 1. The van der Waals surface area contributed by atoms with Gasteiger partial charge in [0, 0.05) is 37.8 Å². The predicted molar refractivity (Wildman–Crippen MR) is 105 cm³/mol. The van der Waals surface area contributed by atoms with E-state index in [4.69, 9.17) is 14.6 Å². The summed E-state index contributed by atoms with van der Waals surface area (Å²) in [5, 5.41) is 2.91. The number of pyridine rings is 1. The second-order valence-corrected chi connectivity index (χ2v) is 6.88. The number of carbonyl (C=O) groups is 1. The van der Waals surface area contributed by atoms with Crippen molar-refractivity contribution in [2.24, 2.45) is 4.99 Å². The SMILES string of the molecule is COc1ccc(NC(=O)CN2CCC3(CC2)N=C(c2ccccn2)NO3)cc1. The molecule has 2 N–H and O–H groups in total. The summed E-state index contributed by atoms with van der Waals surface area (Å²) in [4.78, 5) is 29.2. The number of aromatic nitrogens is 1. The summed E-state index contributed by atoms with van der Waals surface area (Å²) in [6.45, 7) is 1.81. The van der Waals surface area contributed by atoms with Gasteiger partial charge < -0.3 is 10.1 Å². The first-order valence-electron chi connectivity index (χ1n) is 9.27. The third-order valence-electron chi connectivity index (χ3n) is 4.94. The number of nitrogens with one attached hydrogen (secondary N) is 2. The van der Waals surface area contributed by atoms with Crippen molar-refractivity contribution in [3.63, 3.8) is 0 Å². The molecule has 1 aromatic heterocycles. The van der Waals surface area contributed by atoms with Crippen LogP contribution in [0.4, 0.5) is 5.69 Å². The third kappa shape index (κ3) is 4.13. The molecule has 2 aliphatic rings. The van der Waals surface area contributed by atoms with Crippen molar-refractivity contribution in [3.8, 4) is 5.75 Å². The molecule has 28 heavy (non-hydrogen) atoms. The van der Waals surface area contributed by atoms with Crippen LogP contribution in [-0.2, 0) is 9.63 Å². The Hall–Kier alpha value is -2.97. The van der Waals surface area contributed by atoms with Crippen molar-refractivity contribution in [2.45, 2.75) is 18.6 Å². The number of benzene rings is 1. The molecule has 1 fully saturated rings. The molecule has 146 valence electrons. The van der Waals surface area contributed by atoms with Crippen molar-refractivity contribution in [3.05, 3.63) is 54.4 Å². The van der Waals surface area contributed by atoms with E-state index in [0.29, 0.717) is 25.2 Å². The zero-order valence-corrected chi connectivity index (χ0v) is 15.7. The van der Waals surface area contributed by atoms with Crippen LogP contribution in [0.25, 0.3) is 0 Å². The monoisotopic (exact) mass is 381 g/mol. The molecule has 0 saturated carbocycles. The summed E-state index contributed by atoms with van der Waals surface area (Å²) in [5.41, 5.74) is 3.86. The molecule has 0 unspecified atom stereocenters. The lowest BCUT2D eigenvalue weighted by Gasteiger charge is -2.35. The molecule has 1 saturated heterocycles. The van der Waals surface area contributed by atoms with E-state index in [1.54, 1.807) is 13.3 Å². The molecule has 0 radical (unpaired) electrons. The average Bonchev–Trinajstić information content (AvgIpc) is 3.15. The van der Waals surface area contributed by atoms with E-state index in [2.05, 4.69) is 20.7 Å². The minimum absolute atomic E-state index is 0.0377. The van der Waals surface area contributed by atoms with Gasteiger partial charge in [-0.3, -0.25) is 14.7 Å². The fraction of sp³-hybridized carbons (Fsp3) is 0.350. The maximum absolute atomic E-state index is 12.3. The molecule has 2 aromatic rings. The van der Waals surface area contributed by atoms with Crippen molar-refractivity contribution in [1.82, 2.24) is 15.4 Å². The highest BCUT2D eigenvalue weighted by atomic mass is 16.7. The number of amidine groups is 1. The number of amides is 1. The Kier molecular flexibility index (Phi) is 5.23. The van der Waals surface area contributed by atoms with E-state index in [1.807, 2.05) is 42.5 Å². The first-order chi connectivity index (χ1) is 13.7. The van der Waals surface area contributed by atoms with Crippen LogP contribution < -0.4 is 15.5 Å². The Morgan fingerprint density at radius 1 is 1.25 bits per heavy atom. The number of hydrogen-bond acceptors (Lipinski definition) is 7. The van der Waals surface area contributed by atoms with Crippen molar-refractivity contribution >= 4 is 17.4 Å². The minimum atomic E-state index is -0.574. The molecule has 1 aromatic carbocycles. The van der Waals surface area contributed by atoms with E-state index in [9.17, 15) is 4.79 Å². The summed E-state index contributed by atoms with van der Waals surface area (Å²) < 4.78 is 5.12. The van der Waals surface area contributed by atoms with E-state index < -0.39 is 5.72 Å². The molecule has 8 heteroatoms. The van der Waals surface area contributed by atoms with E-state index in [-0.39, 0.29) is 5.91 Å². The van der Waals surface area contributed by atoms with Crippen LogP contribution in [0.1, 0.15) is 18.5 Å². The van der Waals surface area contributed by atoms with Gasteiger partial charge in [0.25, 0.3) is 0 Å². The number of piperidine rings is 1. The molecule has 0 aliphatic carbocycles. The zero-order valence-electron chi connectivity index (χ0n) is 15.7. The maximum Gasteiger partial charge on any atom is 0.238 e. The van der Waals surface area contributed by atoms with Crippen LogP contribution in [0.15, 0.2) is 53.7 Å². The Morgan fingerprint density at radius 3 is 2.71 bits per heavy atom. The first kappa shape index (κ1) is 18.4. The maximum atomic E-state index is 12.3. The van der Waals surface area contributed by atoms with Crippen LogP contribution in [-0.4, -0.2) is 54.1 Å². The van der Waals surface area contributed by atoms with E-state index >= 15 is 0 Å². The van der Waals surface area contributed by atoms with E-state index in [1.165, 1.54) is 0 Å². The van der Waals surface area contributed by atoms with Gasteiger partial charge in [-0.1, -0.05) is 6.07 Å². The van der Waals surface area contributed by atoms with Gasteiger partial charge in [0.1, 0.15) is 11.4 Å². The second-order valence-electron chi connectivity index (χ2n) is 6.88. The number of methoxy groups -OCH3 is 1. The highest BCUT2D eigenvalue weighted by molar-refractivity contribution is 5.97. The van der Waals surface area contributed by atoms with Gasteiger partial charge in [-0.2, -0.15) is 0 Å². The molecule has 8 nitrogen and oxygen atoms in total. The lowest BCUT2D eigenvalue weighted by molar-refractivity contribution is -0.120. The molecule has 4 rings (SSSR count). The molecular formula is C20H23N5O3. The number of likely N-dealkylation sites (tertiary alicyclic amines) is 1. The number of hydrogen-bond donors (Lipinski definition) is 2. The van der Waals surface area contributed by atoms with Gasteiger partial charge >= 0.3 is 0 Å². The minimum Gasteiger partial charge on any atom is -0.497 e. The normalized spacial score (nSPS) is 18.4. The summed E-state index contributed by atoms with van der Waals surface area (Å²) in [7, 11) is 1.61. The highest BCUT2D eigenvalue weighted by Crippen LogP contribution is 2.30. The Labute approximate surface area is 163 Å². The zero-order chi connectivity index (χ0) is 19.4. The predicted octanol–water partition coefficient (Wildman–Crippen LogP) is 1.80. The van der Waals surface area contributed by atoms with Gasteiger partial charge in [-0.15, -0.1) is 0 Å². The number of aliphatic imine (C=N–C) groups is 1. The van der Waals surface area contributed by atoms with Crippen LogP contribution in [0, 0.1) is 0 Å². The smallest absolute Gasteiger partial charge is 0.238 e. The largest absolute Gasteiger partial charge is 0.497 e. The number of rotatable bonds is 5. The van der Waals surface area contributed by atoms with Gasteiger partial charge in [0.2, 0.25) is 5.91 Å². The third-order valence-corrected chi connectivity index (χ3v) is 4.94. The fourth-order valence-electron chi connectivity index (χ4n) is 3.36. The number of carbonyl (C=O) groups excluding carboxylic acids is 1. The van der Waals surface area contributed by atoms with Crippen LogP contribution >= 0.6 is 0 Å². The van der Waals surface area contributed by atoms with Crippen molar-refractivity contribution in [2.75, 3.05) is 32.1 Å². The van der Waals surface area contributed by atoms with Crippen LogP contribution in [0.5, 0.6) is 5.75 Å². The number of nitrogens with zero attached hydrogens (tertiary/aromatic N) is 3. The summed E-state index contributed by atoms with van der Waals surface area (Å²) >= 11 is 0.